The molecule has 21 heavy (non-hydrogen) atoms. The molecule has 0 fully saturated rings. The van der Waals surface area contributed by atoms with Crippen LogP contribution in [0.3, 0.4) is 0 Å². The van der Waals surface area contributed by atoms with Crippen molar-refractivity contribution in [3.05, 3.63) is 29.1 Å². The molecule has 0 aromatic heterocycles. The van der Waals surface area contributed by atoms with E-state index in [0.717, 1.165) is 30.0 Å². The van der Waals surface area contributed by atoms with E-state index in [1.54, 1.807) is 6.07 Å². The van der Waals surface area contributed by atoms with Crippen LogP contribution in [0.25, 0.3) is 0 Å². The Bertz CT molecular complexity index is 451. The van der Waals surface area contributed by atoms with E-state index in [2.05, 4.69) is 44.3 Å². The minimum Gasteiger partial charge on any atom is -0.371 e. The van der Waals surface area contributed by atoms with Gasteiger partial charge in [-0.1, -0.05) is 6.92 Å². The molecule has 0 saturated carbocycles. The summed E-state index contributed by atoms with van der Waals surface area (Å²) in [5.74, 6) is 0.938. The summed E-state index contributed by atoms with van der Waals surface area (Å²) in [6.45, 7) is 9.24. The van der Waals surface area contributed by atoms with Crippen LogP contribution in [0.15, 0.2) is 12.1 Å². The van der Waals surface area contributed by atoms with Gasteiger partial charge in [-0.3, -0.25) is 0 Å². The van der Waals surface area contributed by atoms with E-state index in [9.17, 15) is 4.39 Å². The van der Waals surface area contributed by atoms with Gasteiger partial charge < -0.3 is 10.2 Å². The van der Waals surface area contributed by atoms with E-state index < -0.39 is 0 Å². The Kier molecular flexibility index (Phi) is 7.53. The van der Waals surface area contributed by atoms with Gasteiger partial charge in [0.25, 0.3) is 0 Å². The number of anilines is 1. The summed E-state index contributed by atoms with van der Waals surface area (Å²) in [5, 5.41) is 3.46. The minimum absolute atomic E-state index is 0.121. The number of hydrogen-bond acceptors (Lipinski definition) is 3. The lowest BCUT2D eigenvalue weighted by Crippen LogP contribution is -2.33. The average Bonchev–Trinajstić information content (AvgIpc) is 2.46. The van der Waals surface area contributed by atoms with Crippen molar-refractivity contribution in [2.45, 2.75) is 46.2 Å². The fourth-order valence-corrected chi connectivity index (χ4v) is 3.10. The third-order valence-electron chi connectivity index (χ3n) is 3.92. The lowest BCUT2D eigenvalue weighted by Gasteiger charge is -2.31. The number of hydrogen-bond donors (Lipinski definition) is 1. The molecular weight excluding hydrogens is 283 g/mol. The molecule has 1 aromatic rings. The first-order valence-electron chi connectivity index (χ1n) is 7.67. The molecule has 1 aromatic carbocycles. The van der Waals surface area contributed by atoms with Crippen molar-refractivity contribution < 1.29 is 4.39 Å². The molecule has 0 aliphatic carbocycles. The Labute approximate surface area is 133 Å². The Morgan fingerprint density at radius 2 is 2.00 bits per heavy atom. The zero-order chi connectivity index (χ0) is 16.0. The highest BCUT2D eigenvalue weighted by Crippen LogP contribution is 2.30. The van der Waals surface area contributed by atoms with E-state index in [1.165, 1.54) is 0 Å². The number of aryl methyl sites for hydroxylation is 1. The molecule has 0 heterocycles. The second-order valence-electron chi connectivity index (χ2n) is 5.75. The van der Waals surface area contributed by atoms with Crippen molar-refractivity contribution in [3.63, 3.8) is 0 Å². The van der Waals surface area contributed by atoms with E-state index in [1.807, 2.05) is 24.8 Å². The maximum Gasteiger partial charge on any atom is 0.126 e. The molecule has 2 atom stereocenters. The quantitative estimate of drug-likeness (QED) is 0.767. The van der Waals surface area contributed by atoms with E-state index in [-0.39, 0.29) is 11.9 Å². The first-order valence-corrected chi connectivity index (χ1v) is 9.06. The summed E-state index contributed by atoms with van der Waals surface area (Å²) >= 11 is 1.84. The molecule has 2 unspecified atom stereocenters. The van der Waals surface area contributed by atoms with Crippen LogP contribution in [0.4, 0.5) is 10.1 Å². The standard InChI is InChI=1S/C17H29FN2S/c1-7-8-19-14(4)15-10-16(18)12(2)9-17(15)20(5)13(3)11-21-6/h9-10,13-14,19H,7-8,11H2,1-6H3. The van der Waals surface area contributed by atoms with Crippen LogP contribution < -0.4 is 10.2 Å². The fraction of sp³-hybridized carbons (Fsp3) is 0.647. The number of nitrogens with one attached hydrogen (secondary N) is 1. The van der Waals surface area contributed by atoms with Gasteiger partial charge in [-0.2, -0.15) is 11.8 Å². The smallest absolute Gasteiger partial charge is 0.126 e. The lowest BCUT2D eigenvalue weighted by molar-refractivity contribution is 0.558. The van der Waals surface area contributed by atoms with Crippen LogP contribution in [-0.2, 0) is 0 Å². The molecule has 0 spiro atoms. The maximum atomic E-state index is 14.0. The third-order valence-corrected chi connectivity index (χ3v) is 4.74. The minimum atomic E-state index is -0.121. The zero-order valence-corrected chi connectivity index (χ0v) is 15.0. The topological polar surface area (TPSA) is 15.3 Å². The summed E-state index contributed by atoms with van der Waals surface area (Å²) in [4.78, 5) is 2.27. The summed E-state index contributed by atoms with van der Waals surface area (Å²) in [7, 11) is 2.10. The summed E-state index contributed by atoms with van der Waals surface area (Å²) in [6, 6.07) is 4.24. The molecule has 0 radical (unpaired) electrons. The molecule has 0 aliphatic rings. The Balaban J connectivity index is 3.12. The van der Waals surface area contributed by atoms with E-state index in [4.69, 9.17) is 0 Å². The average molecular weight is 312 g/mol. The molecule has 1 rings (SSSR count). The van der Waals surface area contributed by atoms with Crippen molar-refractivity contribution >= 4 is 17.4 Å². The van der Waals surface area contributed by atoms with Gasteiger partial charge in [-0.05, 0) is 63.3 Å². The molecule has 4 heteroatoms. The maximum absolute atomic E-state index is 14.0. The Morgan fingerprint density at radius 1 is 1.33 bits per heavy atom. The number of halogens is 1. The van der Waals surface area contributed by atoms with Crippen LogP contribution >= 0.6 is 11.8 Å². The Hall–Kier alpha value is -0.740. The molecule has 2 nitrogen and oxygen atoms in total. The molecule has 0 saturated heterocycles. The highest BCUT2D eigenvalue weighted by atomic mass is 32.2. The highest BCUT2D eigenvalue weighted by molar-refractivity contribution is 7.98. The lowest BCUT2D eigenvalue weighted by atomic mass is 10.0. The summed E-state index contributed by atoms with van der Waals surface area (Å²) in [6.07, 6.45) is 3.19. The third kappa shape index (κ3) is 4.89. The molecule has 0 aliphatic heterocycles. The van der Waals surface area contributed by atoms with Gasteiger partial charge in [0.15, 0.2) is 0 Å². The fourth-order valence-electron chi connectivity index (χ4n) is 2.40. The first kappa shape index (κ1) is 18.3. The van der Waals surface area contributed by atoms with Crippen LogP contribution in [0.1, 0.15) is 44.4 Å². The second-order valence-corrected chi connectivity index (χ2v) is 6.66. The van der Waals surface area contributed by atoms with Gasteiger partial charge in [0.2, 0.25) is 0 Å². The highest BCUT2D eigenvalue weighted by Gasteiger charge is 2.18. The van der Waals surface area contributed by atoms with Crippen molar-refractivity contribution in [1.82, 2.24) is 5.32 Å². The molecule has 0 bridgehead atoms. The van der Waals surface area contributed by atoms with Gasteiger partial charge >= 0.3 is 0 Å². The SMILES string of the molecule is CCCNC(C)c1cc(F)c(C)cc1N(C)C(C)CSC. The predicted octanol–water partition coefficient (Wildman–Crippen LogP) is 4.38. The van der Waals surface area contributed by atoms with Gasteiger partial charge in [0.1, 0.15) is 5.82 Å². The first-order chi connectivity index (χ1) is 9.92. The van der Waals surface area contributed by atoms with Crippen LogP contribution in [0, 0.1) is 12.7 Å². The van der Waals surface area contributed by atoms with Crippen molar-refractivity contribution in [1.29, 1.82) is 0 Å². The van der Waals surface area contributed by atoms with E-state index in [0.29, 0.717) is 11.6 Å². The van der Waals surface area contributed by atoms with Crippen molar-refractivity contribution in [2.75, 3.05) is 30.5 Å². The van der Waals surface area contributed by atoms with Crippen LogP contribution in [0.2, 0.25) is 0 Å². The van der Waals surface area contributed by atoms with Gasteiger partial charge in [-0.15, -0.1) is 0 Å². The van der Waals surface area contributed by atoms with Crippen LogP contribution in [-0.4, -0.2) is 31.6 Å². The molecule has 0 amide bonds. The van der Waals surface area contributed by atoms with Crippen LogP contribution in [0.5, 0.6) is 0 Å². The van der Waals surface area contributed by atoms with Gasteiger partial charge in [0, 0.05) is 30.6 Å². The number of nitrogens with zero attached hydrogens (tertiary/aromatic N) is 1. The summed E-state index contributed by atoms with van der Waals surface area (Å²) < 4.78 is 14.0. The number of thioether (sulfide) groups is 1. The van der Waals surface area contributed by atoms with E-state index >= 15 is 0 Å². The molecular formula is C17H29FN2S. The van der Waals surface area contributed by atoms with Crippen molar-refractivity contribution in [3.8, 4) is 0 Å². The molecule has 120 valence electrons. The largest absolute Gasteiger partial charge is 0.371 e. The number of benzene rings is 1. The van der Waals surface area contributed by atoms with Gasteiger partial charge in [0.05, 0.1) is 0 Å². The zero-order valence-electron chi connectivity index (χ0n) is 14.2. The predicted molar refractivity (Wildman–Crippen MR) is 94.1 cm³/mol. The normalized spacial score (nSPS) is 14.0. The monoisotopic (exact) mass is 312 g/mol. The number of rotatable bonds is 8. The second kappa shape index (κ2) is 8.64. The Morgan fingerprint density at radius 3 is 2.57 bits per heavy atom. The summed E-state index contributed by atoms with van der Waals surface area (Å²) in [5.41, 5.74) is 2.88. The molecule has 1 N–H and O–H groups in total. The van der Waals surface area contributed by atoms with Gasteiger partial charge in [-0.25, -0.2) is 4.39 Å². The van der Waals surface area contributed by atoms with Crippen molar-refractivity contribution in [2.24, 2.45) is 0 Å².